The Morgan fingerprint density at radius 1 is 1.73 bits per heavy atom. The number of aromatic nitrogens is 1. The van der Waals surface area contributed by atoms with Crippen LogP contribution >= 0.6 is 22.9 Å². The third-order valence-electron chi connectivity index (χ3n) is 2.16. The summed E-state index contributed by atoms with van der Waals surface area (Å²) in [5, 5.41) is 4.53. The smallest absolute Gasteiger partial charge is 0.109 e. The van der Waals surface area contributed by atoms with Gasteiger partial charge in [0.25, 0.3) is 0 Å². The summed E-state index contributed by atoms with van der Waals surface area (Å²) in [6.45, 7) is 7.09. The molecule has 4 heteroatoms. The fourth-order valence-corrected chi connectivity index (χ4v) is 2.09. The van der Waals surface area contributed by atoms with Gasteiger partial charge in [0.1, 0.15) is 5.01 Å². The van der Waals surface area contributed by atoms with Crippen LogP contribution in [0.15, 0.2) is 17.3 Å². The van der Waals surface area contributed by atoms with Gasteiger partial charge in [0, 0.05) is 23.2 Å². The zero-order valence-electron chi connectivity index (χ0n) is 9.38. The Balaban J connectivity index is 2.49. The first-order valence-corrected chi connectivity index (χ1v) is 6.36. The van der Waals surface area contributed by atoms with E-state index in [2.05, 4.69) is 24.1 Å². The molecule has 0 aliphatic heterocycles. The van der Waals surface area contributed by atoms with Crippen molar-refractivity contribution in [2.24, 2.45) is 0 Å². The molecule has 0 aromatic carbocycles. The van der Waals surface area contributed by atoms with Crippen LogP contribution in [0.4, 0.5) is 0 Å². The molecular weight excluding hydrogens is 228 g/mol. The number of nitrogens with zero attached hydrogens (tertiary/aromatic N) is 1. The van der Waals surface area contributed by atoms with Gasteiger partial charge in [0.2, 0.25) is 0 Å². The van der Waals surface area contributed by atoms with Crippen molar-refractivity contribution in [3.63, 3.8) is 0 Å². The molecule has 0 fully saturated rings. The third kappa shape index (κ3) is 3.93. The first kappa shape index (κ1) is 12.7. The van der Waals surface area contributed by atoms with Gasteiger partial charge in [0.15, 0.2) is 0 Å². The molecule has 0 saturated heterocycles. The molecule has 0 saturated carbocycles. The van der Waals surface area contributed by atoms with E-state index in [1.807, 2.05) is 13.1 Å². The lowest BCUT2D eigenvalue weighted by molar-refractivity contribution is 0.603. The van der Waals surface area contributed by atoms with Crippen LogP contribution < -0.4 is 5.32 Å². The number of hydrogen-bond acceptors (Lipinski definition) is 3. The molecule has 1 rings (SSSR count). The molecule has 15 heavy (non-hydrogen) atoms. The normalized spacial score (nSPS) is 14.3. The van der Waals surface area contributed by atoms with Gasteiger partial charge in [-0.15, -0.1) is 11.3 Å². The molecule has 1 N–H and O–H groups in total. The Morgan fingerprint density at radius 3 is 3.00 bits per heavy atom. The van der Waals surface area contributed by atoms with Crippen molar-refractivity contribution < 1.29 is 0 Å². The summed E-state index contributed by atoms with van der Waals surface area (Å²) >= 11 is 7.37. The lowest BCUT2D eigenvalue weighted by Gasteiger charge is -2.10. The monoisotopic (exact) mass is 244 g/mol. The second-order valence-electron chi connectivity index (χ2n) is 3.58. The third-order valence-corrected chi connectivity index (χ3v) is 3.86. The van der Waals surface area contributed by atoms with Gasteiger partial charge in [0.05, 0.1) is 6.04 Å². The minimum atomic E-state index is 0.293. The molecule has 0 amide bonds. The van der Waals surface area contributed by atoms with Gasteiger partial charge in [-0.1, -0.05) is 18.5 Å². The fourth-order valence-electron chi connectivity index (χ4n) is 1.13. The summed E-state index contributed by atoms with van der Waals surface area (Å²) in [6.07, 6.45) is 3.02. The van der Waals surface area contributed by atoms with Crippen molar-refractivity contribution >= 4 is 22.9 Å². The van der Waals surface area contributed by atoms with Crippen molar-refractivity contribution in [2.75, 3.05) is 6.54 Å². The molecule has 84 valence electrons. The summed E-state index contributed by atoms with van der Waals surface area (Å²) in [4.78, 5) is 5.73. The summed E-state index contributed by atoms with van der Waals surface area (Å²) in [5.74, 6) is 0. The van der Waals surface area contributed by atoms with E-state index >= 15 is 0 Å². The number of hydrogen-bond donors (Lipinski definition) is 1. The van der Waals surface area contributed by atoms with E-state index in [9.17, 15) is 0 Å². The second-order valence-corrected chi connectivity index (χ2v) is 4.94. The summed E-state index contributed by atoms with van der Waals surface area (Å²) in [7, 11) is 0. The number of rotatable bonds is 5. The molecule has 1 aromatic rings. The highest BCUT2D eigenvalue weighted by Gasteiger charge is 2.08. The maximum absolute atomic E-state index is 5.59. The topological polar surface area (TPSA) is 24.9 Å². The van der Waals surface area contributed by atoms with E-state index in [-0.39, 0.29) is 0 Å². The minimum absolute atomic E-state index is 0.293. The van der Waals surface area contributed by atoms with Crippen LogP contribution in [0.1, 0.15) is 36.7 Å². The van der Waals surface area contributed by atoms with Crippen LogP contribution in [0.25, 0.3) is 0 Å². The van der Waals surface area contributed by atoms with Crippen molar-refractivity contribution in [1.82, 2.24) is 10.3 Å². The van der Waals surface area contributed by atoms with Crippen LogP contribution in [0.3, 0.4) is 0 Å². The number of aryl methyl sites for hydroxylation is 1. The van der Waals surface area contributed by atoms with Crippen molar-refractivity contribution in [3.8, 4) is 0 Å². The molecule has 0 aliphatic carbocycles. The van der Waals surface area contributed by atoms with Gasteiger partial charge in [-0.3, -0.25) is 0 Å². The van der Waals surface area contributed by atoms with Gasteiger partial charge in [-0.25, -0.2) is 4.98 Å². The molecule has 0 spiro atoms. The van der Waals surface area contributed by atoms with E-state index in [1.165, 1.54) is 4.88 Å². The van der Waals surface area contributed by atoms with Crippen LogP contribution in [0, 0.1) is 0 Å². The lowest BCUT2D eigenvalue weighted by Crippen LogP contribution is -2.20. The van der Waals surface area contributed by atoms with E-state index in [0.717, 1.165) is 23.5 Å². The number of nitrogens with one attached hydrogen (secondary N) is 1. The van der Waals surface area contributed by atoms with Crippen LogP contribution in [0.2, 0.25) is 0 Å². The highest BCUT2D eigenvalue weighted by atomic mass is 35.5. The van der Waals surface area contributed by atoms with Gasteiger partial charge < -0.3 is 5.32 Å². The Morgan fingerprint density at radius 2 is 2.47 bits per heavy atom. The van der Waals surface area contributed by atoms with Crippen LogP contribution in [-0.4, -0.2) is 11.5 Å². The van der Waals surface area contributed by atoms with Crippen molar-refractivity contribution in [2.45, 2.75) is 33.2 Å². The SMILES string of the molecule is CCc1cnc(C(C)NCC(C)=CCl)s1. The van der Waals surface area contributed by atoms with Gasteiger partial charge in [-0.05, 0) is 25.8 Å². The van der Waals surface area contributed by atoms with Crippen molar-refractivity contribution in [3.05, 3.63) is 27.2 Å². The highest BCUT2D eigenvalue weighted by molar-refractivity contribution is 7.11. The number of thiazole rings is 1. The van der Waals surface area contributed by atoms with Crippen LogP contribution in [-0.2, 0) is 6.42 Å². The standard InChI is InChI=1S/C11H17ClN2S/c1-4-10-7-14-11(15-10)9(3)13-6-8(2)5-12/h5,7,9,13H,4,6H2,1-3H3. The summed E-state index contributed by atoms with van der Waals surface area (Å²) in [6, 6.07) is 0.293. The van der Waals surface area contributed by atoms with E-state index in [1.54, 1.807) is 16.9 Å². The predicted molar refractivity (Wildman–Crippen MR) is 67.5 cm³/mol. The van der Waals surface area contributed by atoms with E-state index in [4.69, 9.17) is 11.6 Å². The molecule has 1 unspecified atom stereocenters. The quantitative estimate of drug-likeness (QED) is 0.858. The van der Waals surface area contributed by atoms with Gasteiger partial charge >= 0.3 is 0 Å². The Labute approximate surface area is 100 Å². The lowest BCUT2D eigenvalue weighted by atomic mass is 10.3. The molecular formula is C11H17ClN2S. The largest absolute Gasteiger partial charge is 0.304 e. The second kappa shape index (κ2) is 6.26. The van der Waals surface area contributed by atoms with Crippen LogP contribution in [0.5, 0.6) is 0 Å². The van der Waals surface area contributed by atoms with Gasteiger partial charge in [-0.2, -0.15) is 0 Å². The molecule has 0 bridgehead atoms. The first-order valence-electron chi connectivity index (χ1n) is 5.11. The Kier molecular flexibility index (Phi) is 5.29. The predicted octanol–water partition coefficient (Wildman–Crippen LogP) is 3.50. The summed E-state index contributed by atoms with van der Waals surface area (Å²) < 4.78 is 0. The molecule has 0 aliphatic rings. The average molecular weight is 245 g/mol. The molecule has 2 nitrogen and oxygen atoms in total. The van der Waals surface area contributed by atoms with E-state index < -0.39 is 0 Å². The Hall–Kier alpha value is -0.380. The summed E-state index contributed by atoms with van der Waals surface area (Å²) in [5.41, 5.74) is 2.75. The highest BCUT2D eigenvalue weighted by Crippen LogP contribution is 2.20. The molecule has 1 heterocycles. The Bertz CT molecular complexity index is 333. The maximum Gasteiger partial charge on any atom is 0.109 e. The number of halogens is 1. The zero-order valence-corrected chi connectivity index (χ0v) is 11.0. The average Bonchev–Trinajstić information content (AvgIpc) is 2.73. The zero-order chi connectivity index (χ0) is 11.3. The van der Waals surface area contributed by atoms with E-state index in [0.29, 0.717) is 6.04 Å². The molecule has 1 atom stereocenters. The maximum atomic E-state index is 5.59. The van der Waals surface area contributed by atoms with Crippen molar-refractivity contribution in [1.29, 1.82) is 0 Å². The minimum Gasteiger partial charge on any atom is -0.304 e. The fraction of sp³-hybridized carbons (Fsp3) is 0.545. The molecule has 0 radical (unpaired) electrons. The first-order chi connectivity index (χ1) is 7.17. The molecule has 1 aromatic heterocycles.